The first kappa shape index (κ1) is 13.3. The summed E-state index contributed by atoms with van der Waals surface area (Å²) in [6, 6.07) is 2.66. The van der Waals surface area contributed by atoms with E-state index >= 15 is 0 Å². The van der Waals surface area contributed by atoms with E-state index < -0.39 is 11.8 Å². The van der Waals surface area contributed by atoms with Crippen molar-refractivity contribution in [2.75, 3.05) is 6.54 Å². The highest BCUT2D eigenvalue weighted by molar-refractivity contribution is 6.25. The third-order valence-electron chi connectivity index (χ3n) is 3.90. The standard InChI is InChI=1S/C14H11N5O4/c20-9-1-2-10(21)18(9)3-4-19-13(22)8-5-15-12-7(6-16-17-12)11(8)14(19)23/h1-2,5-6,20-21H,3-4H2,(H,15,16,17). The number of fused-ring (bicyclic) bond motifs is 3. The molecular weight excluding hydrogens is 302 g/mol. The number of aromatic nitrogens is 4. The summed E-state index contributed by atoms with van der Waals surface area (Å²) in [5, 5.41) is 26.2. The number of carbonyl (C=O) groups is 2. The minimum atomic E-state index is -0.452. The molecular formula is C14H11N5O4. The summed E-state index contributed by atoms with van der Waals surface area (Å²) in [6.07, 6.45) is 2.81. The number of hydrogen-bond donors (Lipinski definition) is 3. The fourth-order valence-corrected chi connectivity index (χ4v) is 2.74. The van der Waals surface area contributed by atoms with E-state index in [1.165, 1.54) is 29.1 Å². The smallest absolute Gasteiger partial charge is 0.263 e. The van der Waals surface area contributed by atoms with Crippen molar-refractivity contribution in [1.29, 1.82) is 0 Å². The van der Waals surface area contributed by atoms with Gasteiger partial charge < -0.3 is 10.2 Å². The molecule has 116 valence electrons. The van der Waals surface area contributed by atoms with Crippen molar-refractivity contribution in [2.45, 2.75) is 6.54 Å². The molecule has 4 heterocycles. The maximum atomic E-state index is 12.5. The van der Waals surface area contributed by atoms with E-state index in [1.807, 2.05) is 0 Å². The highest BCUT2D eigenvalue weighted by atomic mass is 16.3. The molecule has 1 aliphatic heterocycles. The van der Waals surface area contributed by atoms with Crippen molar-refractivity contribution >= 4 is 22.8 Å². The van der Waals surface area contributed by atoms with Gasteiger partial charge in [-0.2, -0.15) is 5.10 Å². The monoisotopic (exact) mass is 313 g/mol. The van der Waals surface area contributed by atoms with E-state index in [9.17, 15) is 19.8 Å². The summed E-state index contributed by atoms with van der Waals surface area (Å²) >= 11 is 0. The van der Waals surface area contributed by atoms with E-state index in [-0.39, 0.29) is 36.0 Å². The molecule has 0 saturated carbocycles. The minimum absolute atomic E-state index is 0.0154. The Morgan fingerprint density at radius 3 is 2.52 bits per heavy atom. The van der Waals surface area contributed by atoms with Gasteiger partial charge in [0, 0.05) is 31.4 Å². The molecule has 1 aliphatic rings. The Morgan fingerprint density at radius 1 is 1.04 bits per heavy atom. The Balaban J connectivity index is 1.66. The number of pyridine rings is 1. The second-order valence-corrected chi connectivity index (χ2v) is 5.14. The van der Waals surface area contributed by atoms with Gasteiger partial charge in [0.15, 0.2) is 17.4 Å². The van der Waals surface area contributed by atoms with Crippen LogP contribution in [0.1, 0.15) is 20.7 Å². The molecule has 0 radical (unpaired) electrons. The van der Waals surface area contributed by atoms with Crippen LogP contribution in [0, 0.1) is 0 Å². The van der Waals surface area contributed by atoms with Gasteiger partial charge in [-0.05, 0) is 0 Å². The van der Waals surface area contributed by atoms with Crippen molar-refractivity contribution in [3.63, 3.8) is 0 Å². The Kier molecular flexibility index (Phi) is 2.64. The maximum Gasteiger partial charge on any atom is 0.263 e. The Hall–Kier alpha value is -3.36. The third kappa shape index (κ3) is 1.79. The maximum absolute atomic E-state index is 12.5. The summed E-state index contributed by atoms with van der Waals surface area (Å²) in [6.45, 7) is 0.0968. The van der Waals surface area contributed by atoms with E-state index in [1.54, 1.807) is 0 Å². The van der Waals surface area contributed by atoms with Gasteiger partial charge in [-0.1, -0.05) is 0 Å². The zero-order valence-corrected chi connectivity index (χ0v) is 11.7. The fraction of sp³-hybridized carbons (Fsp3) is 0.143. The van der Waals surface area contributed by atoms with Crippen molar-refractivity contribution in [3.8, 4) is 11.8 Å². The molecule has 4 rings (SSSR count). The topological polar surface area (TPSA) is 124 Å². The normalized spacial score (nSPS) is 14.0. The number of carbonyl (C=O) groups excluding carboxylic acids is 2. The van der Waals surface area contributed by atoms with Crippen molar-refractivity contribution < 1.29 is 19.8 Å². The third-order valence-corrected chi connectivity index (χ3v) is 3.90. The Bertz CT molecular complexity index is 938. The van der Waals surface area contributed by atoms with Gasteiger partial charge in [-0.15, -0.1) is 0 Å². The first-order chi connectivity index (χ1) is 11.1. The predicted molar refractivity (Wildman–Crippen MR) is 77.0 cm³/mol. The van der Waals surface area contributed by atoms with Gasteiger partial charge in [0.25, 0.3) is 11.8 Å². The van der Waals surface area contributed by atoms with E-state index in [4.69, 9.17) is 0 Å². The van der Waals surface area contributed by atoms with Crippen LogP contribution in [0.4, 0.5) is 0 Å². The lowest BCUT2D eigenvalue weighted by molar-refractivity contribution is 0.0647. The molecule has 0 bridgehead atoms. The van der Waals surface area contributed by atoms with Crippen LogP contribution in [-0.4, -0.2) is 53.2 Å². The second-order valence-electron chi connectivity index (χ2n) is 5.14. The Morgan fingerprint density at radius 2 is 1.78 bits per heavy atom. The SMILES string of the molecule is O=C1c2cnc3[nH]ncc3c2C(=O)N1CCn1c(O)ccc1O. The Labute approximate surface area is 128 Å². The van der Waals surface area contributed by atoms with E-state index in [2.05, 4.69) is 15.2 Å². The van der Waals surface area contributed by atoms with Gasteiger partial charge in [-0.3, -0.25) is 24.2 Å². The number of aromatic amines is 1. The minimum Gasteiger partial charge on any atom is -0.494 e. The quantitative estimate of drug-likeness (QED) is 0.604. The van der Waals surface area contributed by atoms with E-state index in [0.29, 0.717) is 11.0 Å². The summed E-state index contributed by atoms with van der Waals surface area (Å²) in [7, 11) is 0. The molecule has 0 fully saturated rings. The van der Waals surface area contributed by atoms with Crippen LogP contribution in [-0.2, 0) is 6.54 Å². The molecule has 3 N–H and O–H groups in total. The summed E-state index contributed by atoms with van der Waals surface area (Å²) in [5.74, 6) is -1.17. The predicted octanol–water partition coefficient (Wildman–Crippen LogP) is 0.467. The van der Waals surface area contributed by atoms with Crippen LogP contribution < -0.4 is 0 Å². The van der Waals surface area contributed by atoms with Gasteiger partial charge in [0.05, 0.1) is 22.7 Å². The van der Waals surface area contributed by atoms with Gasteiger partial charge in [-0.25, -0.2) is 4.98 Å². The number of H-pyrrole nitrogens is 1. The largest absolute Gasteiger partial charge is 0.494 e. The molecule has 0 unspecified atom stereocenters. The number of nitrogens with one attached hydrogen (secondary N) is 1. The molecule has 9 heteroatoms. The van der Waals surface area contributed by atoms with Crippen LogP contribution in [0.2, 0.25) is 0 Å². The summed E-state index contributed by atoms with van der Waals surface area (Å²) < 4.78 is 1.20. The molecule has 0 spiro atoms. The van der Waals surface area contributed by atoms with Crippen LogP contribution in [0.5, 0.6) is 11.8 Å². The average molecular weight is 313 g/mol. The number of imide groups is 1. The lowest BCUT2D eigenvalue weighted by Gasteiger charge is -2.15. The molecule has 0 saturated heterocycles. The number of hydrogen-bond acceptors (Lipinski definition) is 6. The number of nitrogens with zero attached hydrogens (tertiary/aromatic N) is 4. The fourth-order valence-electron chi connectivity index (χ4n) is 2.74. The zero-order chi connectivity index (χ0) is 16.1. The van der Waals surface area contributed by atoms with Crippen LogP contribution in [0.25, 0.3) is 11.0 Å². The first-order valence-corrected chi connectivity index (χ1v) is 6.83. The van der Waals surface area contributed by atoms with Gasteiger partial charge in [0.2, 0.25) is 0 Å². The van der Waals surface area contributed by atoms with Crippen LogP contribution in [0.15, 0.2) is 24.5 Å². The van der Waals surface area contributed by atoms with Gasteiger partial charge >= 0.3 is 0 Å². The molecule has 23 heavy (non-hydrogen) atoms. The molecule has 9 nitrogen and oxygen atoms in total. The average Bonchev–Trinajstić information content (AvgIpc) is 3.19. The molecule has 3 aromatic rings. The highest BCUT2D eigenvalue weighted by Gasteiger charge is 2.37. The number of amides is 2. The van der Waals surface area contributed by atoms with Gasteiger partial charge in [0.1, 0.15) is 0 Å². The highest BCUT2D eigenvalue weighted by Crippen LogP contribution is 2.28. The zero-order valence-electron chi connectivity index (χ0n) is 11.7. The summed E-state index contributed by atoms with van der Waals surface area (Å²) in [4.78, 5) is 30.1. The first-order valence-electron chi connectivity index (χ1n) is 6.83. The lowest BCUT2D eigenvalue weighted by Crippen LogP contribution is -2.32. The number of aromatic hydroxyl groups is 2. The van der Waals surface area contributed by atoms with Crippen LogP contribution in [0.3, 0.4) is 0 Å². The molecule has 2 amide bonds. The number of rotatable bonds is 3. The van der Waals surface area contributed by atoms with Crippen molar-refractivity contribution in [1.82, 2.24) is 24.6 Å². The van der Waals surface area contributed by atoms with Crippen molar-refractivity contribution in [3.05, 3.63) is 35.7 Å². The van der Waals surface area contributed by atoms with E-state index in [0.717, 1.165) is 4.90 Å². The molecule has 3 aromatic heterocycles. The molecule has 0 aromatic carbocycles. The summed E-state index contributed by atoms with van der Waals surface area (Å²) in [5.41, 5.74) is 0.937. The molecule has 0 aliphatic carbocycles. The molecule has 0 atom stereocenters. The van der Waals surface area contributed by atoms with Crippen molar-refractivity contribution in [2.24, 2.45) is 0 Å². The second kappa shape index (κ2) is 4.57. The van der Waals surface area contributed by atoms with Crippen LogP contribution >= 0.6 is 0 Å². The lowest BCUT2D eigenvalue weighted by atomic mass is 10.1.